The summed E-state index contributed by atoms with van der Waals surface area (Å²) in [7, 11) is 0. The molecule has 7 heteroatoms. The van der Waals surface area contributed by atoms with Gasteiger partial charge in [-0.1, -0.05) is 0 Å². The molecule has 0 radical (unpaired) electrons. The minimum absolute atomic E-state index is 0.00115. The van der Waals surface area contributed by atoms with E-state index in [9.17, 15) is 14.4 Å². The number of rotatable bonds is 5. The number of ketones is 1. The van der Waals surface area contributed by atoms with Crippen LogP contribution in [0, 0.1) is 13.8 Å². The second kappa shape index (κ2) is 6.15. The maximum atomic E-state index is 12.6. The first kappa shape index (κ1) is 17.6. The summed E-state index contributed by atoms with van der Waals surface area (Å²) >= 11 is 1.62. The Labute approximate surface area is 157 Å². The third-order valence-electron chi connectivity index (χ3n) is 5.76. The van der Waals surface area contributed by atoms with E-state index in [4.69, 9.17) is 4.74 Å². The summed E-state index contributed by atoms with van der Waals surface area (Å²) in [6.45, 7) is 5.67. The summed E-state index contributed by atoms with van der Waals surface area (Å²) in [5.41, 5.74) is 2.65. The van der Waals surface area contributed by atoms with Gasteiger partial charge in [0.1, 0.15) is 6.04 Å². The number of esters is 1. The second-order valence-electron chi connectivity index (χ2n) is 7.68. The maximum absolute atomic E-state index is 12.6. The predicted molar refractivity (Wildman–Crippen MR) is 98.2 cm³/mol. The Morgan fingerprint density at radius 3 is 2.77 bits per heavy atom. The Balaban J connectivity index is 1.41. The van der Waals surface area contributed by atoms with E-state index in [-0.39, 0.29) is 23.2 Å². The zero-order valence-electron chi connectivity index (χ0n) is 15.4. The summed E-state index contributed by atoms with van der Waals surface area (Å²) in [6.07, 6.45) is 3.54. The molecule has 3 heterocycles. The molecular weight excluding hydrogens is 352 g/mol. The lowest BCUT2D eigenvalue weighted by Crippen LogP contribution is -2.46. The van der Waals surface area contributed by atoms with Crippen LogP contribution in [0.1, 0.15) is 60.4 Å². The highest BCUT2D eigenvalue weighted by Crippen LogP contribution is 2.47. The molecule has 6 nitrogen and oxygen atoms in total. The molecule has 26 heavy (non-hydrogen) atoms. The van der Waals surface area contributed by atoms with Crippen molar-refractivity contribution in [1.82, 2.24) is 9.47 Å². The molecule has 2 saturated heterocycles. The van der Waals surface area contributed by atoms with Gasteiger partial charge < -0.3 is 14.2 Å². The number of hydrogen-bond donors (Lipinski definition) is 0. The fourth-order valence-electron chi connectivity index (χ4n) is 4.26. The summed E-state index contributed by atoms with van der Waals surface area (Å²) < 4.78 is 7.52. The second-order valence-corrected chi connectivity index (χ2v) is 9.18. The molecule has 3 fully saturated rings. The Kier molecular flexibility index (Phi) is 4.17. The van der Waals surface area contributed by atoms with Crippen molar-refractivity contribution in [3.8, 4) is 0 Å². The van der Waals surface area contributed by atoms with Gasteiger partial charge >= 0.3 is 5.97 Å². The average molecular weight is 376 g/mol. The molecule has 140 valence electrons. The molecule has 0 bridgehead atoms. The van der Waals surface area contributed by atoms with Crippen LogP contribution in [0.4, 0.5) is 0 Å². The number of hydrogen-bond acceptors (Lipinski definition) is 5. The van der Waals surface area contributed by atoms with Gasteiger partial charge in [-0.15, -0.1) is 11.8 Å². The molecule has 0 aromatic carbocycles. The molecule has 2 aliphatic heterocycles. The fourth-order valence-corrected chi connectivity index (χ4v) is 5.68. The third-order valence-corrected chi connectivity index (χ3v) is 7.26. The Morgan fingerprint density at radius 2 is 2.08 bits per heavy atom. The standard InChI is InChI=1S/C19H24N2O4S/c1-11-8-14(12(2)20(11)13-4-5-13)16(22)9-25-18(24)15-10-26-19(3)7-6-17(23)21(15)19/h8,13,15H,4-7,9-10H2,1-3H3/t15-,19+/m0/s1. The summed E-state index contributed by atoms with van der Waals surface area (Å²) in [5, 5.41) is 0. The van der Waals surface area contributed by atoms with Crippen LogP contribution in [0.25, 0.3) is 0 Å². The Morgan fingerprint density at radius 1 is 1.35 bits per heavy atom. The van der Waals surface area contributed by atoms with Gasteiger partial charge in [-0.3, -0.25) is 9.59 Å². The number of amides is 1. The SMILES string of the molecule is Cc1cc(C(=O)COC(=O)[C@@H]2CS[C@]3(C)CCC(=O)N23)c(C)n1C1CC1. The molecule has 2 atom stereocenters. The Hall–Kier alpha value is -1.76. The average Bonchev–Trinajstić information content (AvgIpc) is 3.21. The number of carbonyl (C=O) groups excluding carboxylic acids is 3. The number of carbonyl (C=O) groups is 3. The van der Waals surface area contributed by atoms with Gasteiger partial charge in [0, 0.05) is 35.2 Å². The van der Waals surface area contributed by atoms with E-state index in [1.807, 2.05) is 26.8 Å². The van der Waals surface area contributed by atoms with E-state index >= 15 is 0 Å². The highest BCUT2D eigenvalue weighted by molar-refractivity contribution is 8.01. The van der Waals surface area contributed by atoms with Gasteiger partial charge in [0.25, 0.3) is 0 Å². The molecule has 0 spiro atoms. The van der Waals surface area contributed by atoms with E-state index in [2.05, 4.69) is 4.57 Å². The van der Waals surface area contributed by atoms with Crippen molar-refractivity contribution < 1.29 is 19.1 Å². The molecule has 4 rings (SSSR count). The van der Waals surface area contributed by atoms with Crippen LogP contribution in [-0.2, 0) is 14.3 Å². The lowest BCUT2D eigenvalue weighted by atomic mass is 10.1. The maximum Gasteiger partial charge on any atom is 0.330 e. The minimum atomic E-state index is -0.577. The molecule has 1 amide bonds. The van der Waals surface area contributed by atoms with Gasteiger partial charge in [0.15, 0.2) is 6.61 Å². The van der Waals surface area contributed by atoms with Crippen LogP contribution in [0.15, 0.2) is 6.07 Å². The number of aryl methyl sites for hydroxylation is 1. The van der Waals surface area contributed by atoms with Crippen molar-refractivity contribution in [2.45, 2.75) is 63.4 Å². The zero-order chi connectivity index (χ0) is 18.6. The molecule has 1 aliphatic carbocycles. The fraction of sp³-hybridized carbons (Fsp3) is 0.632. The molecule has 0 N–H and O–H groups in total. The lowest BCUT2D eigenvalue weighted by Gasteiger charge is -2.29. The van der Waals surface area contributed by atoms with Crippen LogP contribution >= 0.6 is 11.8 Å². The van der Waals surface area contributed by atoms with Gasteiger partial charge in [0.05, 0.1) is 4.87 Å². The molecular formula is C19H24N2O4S. The van der Waals surface area contributed by atoms with Gasteiger partial charge in [-0.2, -0.15) is 0 Å². The van der Waals surface area contributed by atoms with Crippen molar-refractivity contribution in [3.63, 3.8) is 0 Å². The topological polar surface area (TPSA) is 68.6 Å². The zero-order valence-corrected chi connectivity index (χ0v) is 16.2. The van der Waals surface area contributed by atoms with Crippen molar-refractivity contribution >= 4 is 29.4 Å². The molecule has 3 aliphatic rings. The van der Waals surface area contributed by atoms with Gasteiger partial charge in [-0.25, -0.2) is 4.79 Å². The first-order valence-corrected chi connectivity index (χ1v) is 10.1. The van der Waals surface area contributed by atoms with E-state index in [0.717, 1.165) is 30.7 Å². The van der Waals surface area contributed by atoms with Crippen molar-refractivity contribution in [2.75, 3.05) is 12.4 Å². The number of thioether (sulfide) groups is 1. The molecule has 1 aromatic rings. The van der Waals surface area contributed by atoms with Crippen molar-refractivity contribution in [1.29, 1.82) is 0 Å². The highest BCUT2D eigenvalue weighted by Gasteiger charge is 2.53. The molecule has 0 unspecified atom stereocenters. The van der Waals surface area contributed by atoms with Crippen molar-refractivity contribution in [2.24, 2.45) is 0 Å². The van der Waals surface area contributed by atoms with Crippen LogP contribution in [0.3, 0.4) is 0 Å². The van der Waals surface area contributed by atoms with Gasteiger partial charge in [-0.05, 0) is 46.1 Å². The van der Waals surface area contributed by atoms with E-state index < -0.39 is 12.0 Å². The number of nitrogens with zero attached hydrogens (tertiary/aromatic N) is 2. The van der Waals surface area contributed by atoms with Gasteiger partial charge in [0.2, 0.25) is 11.7 Å². The number of ether oxygens (including phenoxy) is 1. The van der Waals surface area contributed by atoms with E-state index in [0.29, 0.717) is 23.8 Å². The third kappa shape index (κ3) is 2.76. The van der Waals surface area contributed by atoms with E-state index in [1.54, 1.807) is 16.7 Å². The monoisotopic (exact) mass is 376 g/mol. The quantitative estimate of drug-likeness (QED) is 0.584. The first-order chi connectivity index (χ1) is 12.3. The van der Waals surface area contributed by atoms with Crippen LogP contribution in [-0.4, -0.2) is 50.4 Å². The summed E-state index contributed by atoms with van der Waals surface area (Å²) in [5.74, 6) is -0.120. The predicted octanol–water partition coefficient (Wildman–Crippen LogP) is 2.62. The summed E-state index contributed by atoms with van der Waals surface area (Å²) in [4.78, 5) is 38.5. The van der Waals surface area contributed by atoms with E-state index in [1.165, 1.54) is 0 Å². The first-order valence-electron chi connectivity index (χ1n) is 9.16. The van der Waals surface area contributed by atoms with Crippen LogP contribution < -0.4 is 0 Å². The normalized spacial score (nSPS) is 27.7. The van der Waals surface area contributed by atoms with Crippen molar-refractivity contribution in [3.05, 3.63) is 23.0 Å². The molecule has 1 saturated carbocycles. The minimum Gasteiger partial charge on any atom is -0.456 e. The van der Waals surface area contributed by atoms with Crippen LogP contribution in [0.2, 0.25) is 0 Å². The Bertz CT molecular complexity index is 798. The molecule has 1 aromatic heterocycles. The smallest absolute Gasteiger partial charge is 0.330 e. The summed E-state index contributed by atoms with van der Waals surface area (Å²) in [6, 6.07) is 1.82. The number of Topliss-reactive ketones (excluding diaryl/α,β-unsaturated/α-hetero) is 1. The van der Waals surface area contributed by atoms with Crippen LogP contribution in [0.5, 0.6) is 0 Å². The largest absolute Gasteiger partial charge is 0.456 e. The number of fused-ring (bicyclic) bond motifs is 1. The lowest BCUT2D eigenvalue weighted by molar-refractivity contribution is -0.152. The highest BCUT2D eigenvalue weighted by atomic mass is 32.2. The number of aromatic nitrogens is 1.